The second kappa shape index (κ2) is 6.15. The van der Waals surface area contributed by atoms with Gasteiger partial charge >= 0.3 is 10.1 Å². The molecule has 0 radical (unpaired) electrons. The molecular formula is C15H13FO5S. The fourth-order valence-corrected chi connectivity index (χ4v) is 2.88. The molecular weight excluding hydrogens is 311 g/mol. The van der Waals surface area contributed by atoms with Crippen molar-refractivity contribution in [3.05, 3.63) is 53.3 Å². The van der Waals surface area contributed by atoms with Crippen LogP contribution in [0.25, 0.3) is 0 Å². The Bertz CT molecular complexity index is 815. The van der Waals surface area contributed by atoms with Gasteiger partial charge in [0.1, 0.15) is 10.7 Å². The Balaban J connectivity index is 2.54. The van der Waals surface area contributed by atoms with E-state index in [1.165, 1.54) is 25.3 Å². The number of aldehydes is 1. The largest absolute Gasteiger partial charge is 0.492 e. The van der Waals surface area contributed by atoms with E-state index in [0.29, 0.717) is 11.8 Å². The summed E-state index contributed by atoms with van der Waals surface area (Å²) in [6.07, 6.45) is 0.457. The molecule has 0 spiro atoms. The molecule has 7 heteroatoms. The van der Waals surface area contributed by atoms with E-state index in [9.17, 15) is 17.6 Å². The maximum atomic E-state index is 13.2. The fraction of sp³-hybridized carbons (Fsp3) is 0.133. The van der Waals surface area contributed by atoms with Gasteiger partial charge in [-0.2, -0.15) is 8.42 Å². The molecule has 0 fully saturated rings. The Morgan fingerprint density at radius 1 is 1.14 bits per heavy atom. The van der Waals surface area contributed by atoms with Crippen LogP contribution in [0.5, 0.6) is 11.5 Å². The molecule has 0 unspecified atom stereocenters. The van der Waals surface area contributed by atoms with E-state index in [2.05, 4.69) is 0 Å². The molecule has 5 nitrogen and oxygen atoms in total. The molecule has 22 heavy (non-hydrogen) atoms. The lowest BCUT2D eigenvalue weighted by Gasteiger charge is -2.14. The second-order valence-electron chi connectivity index (χ2n) is 4.45. The predicted molar refractivity (Wildman–Crippen MR) is 77.3 cm³/mol. The van der Waals surface area contributed by atoms with Gasteiger partial charge in [-0.25, -0.2) is 4.39 Å². The van der Waals surface area contributed by atoms with Gasteiger partial charge in [0, 0.05) is 0 Å². The van der Waals surface area contributed by atoms with E-state index in [-0.39, 0.29) is 22.0 Å². The molecule has 2 aromatic carbocycles. The summed E-state index contributed by atoms with van der Waals surface area (Å²) >= 11 is 0. The number of hydrogen-bond acceptors (Lipinski definition) is 5. The molecule has 0 saturated carbocycles. The normalized spacial score (nSPS) is 11.0. The molecule has 0 atom stereocenters. The summed E-state index contributed by atoms with van der Waals surface area (Å²) in [5.41, 5.74) is 0.611. The first-order chi connectivity index (χ1) is 10.4. The van der Waals surface area contributed by atoms with Crippen LogP contribution in [0.2, 0.25) is 0 Å². The monoisotopic (exact) mass is 324 g/mol. The van der Waals surface area contributed by atoms with Gasteiger partial charge in [-0.05, 0) is 36.8 Å². The molecule has 0 aliphatic carbocycles. The molecule has 116 valence electrons. The molecule has 0 bridgehead atoms. The van der Waals surface area contributed by atoms with Crippen molar-refractivity contribution < 1.29 is 26.5 Å². The van der Waals surface area contributed by atoms with Crippen LogP contribution in [-0.2, 0) is 10.1 Å². The molecule has 0 heterocycles. The fourth-order valence-electron chi connectivity index (χ4n) is 1.89. The number of ether oxygens (including phenoxy) is 1. The molecule has 0 saturated heterocycles. The Morgan fingerprint density at radius 3 is 2.45 bits per heavy atom. The van der Waals surface area contributed by atoms with Gasteiger partial charge in [-0.3, -0.25) is 4.79 Å². The first kappa shape index (κ1) is 16.0. The number of benzene rings is 2. The van der Waals surface area contributed by atoms with Crippen LogP contribution >= 0.6 is 0 Å². The van der Waals surface area contributed by atoms with E-state index in [0.717, 1.165) is 12.1 Å². The highest BCUT2D eigenvalue weighted by molar-refractivity contribution is 7.87. The lowest BCUT2D eigenvalue weighted by atomic mass is 10.1. The van der Waals surface area contributed by atoms with E-state index < -0.39 is 15.9 Å². The van der Waals surface area contributed by atoms with Crippen LogP contribution in [0.3, 0.4) is 0 Å². The van der Waals surface area contributed by atoms with Gasteiger partial charge in [0.15, 0.2) is 17.8 Å². The topological polar surface area (TPSA) is 69.7 Å². The van der Waals surface area contributed by atoms with E-state index in [1.54, 1.807) is 13.0 Å². The van der Waals surface area contributed by atoms with Crippen LogP contribution in [0.15, 0.2) is 41.3 Å². The van der Waals surface area contributed by atoms with Crippen molar-refractivity contribution in [3.8, 4) is 11.5 Å². The molecule has 0 aliphatic rings. The summed E-state index contributed by atoms with van der Waals surface area (Å²) in [6, 6.07) is 7.41. The van der Waals surface area contributed by atoms with Crippen LogP contribution in [-0.4, -0.2) is 21.8 Å². The van der Waals surface area contributed by atoms with Crippen molar-refractivity contribution in [1.29, 1.82) is 0 Å². The van der Waals surface area contributed by atoms with E-state index in [4.69, 9.17) is 8.92 Å². The minimum absolute atomic E-state index is 0.0161. The highest BCUT2D eigenvalue weighted by Gasteiger charge is 2.23. The Labute approximate surface area is 127 Å². The summed E-state index contributed by atoms with van der Waals surface area (Å²) in [5.74, 6) is -0.803. The Kier molecular flexibility index (Phi) is 4.46. The first-order valence-corrected chi connectivity index (χ1v) is 7.62. The van der Waals surface area contributed by atoms with Crippen LogP contribution in [0.4, 0.5) is 4.39 Å². The molecule has 2 rings (SSSR count). The number of methoxy groups -OCH3 is 1. The lowest BCUT2D eigenvalue weighted by molar-refractivity contribution is 0.112. The Hall–Kier alpha value is -2.41. The number of rotatable bonds is 5. The Morgan fingerprint density at radius 2 is 1.86 bits per heavy atom. The molecule has 0 N–H and O–H groups in total. The van der Waals surface area contributed by atoms with Crippen molar-refractivity contribution >= 4 is 16.4 Å². The van der Waals surface area contributed by atoms with Gasteiger partial charge in [-0.15, -0.1) is 0 Å². The SMILES string of the molecule is COc1c(C)ccc(C=O)c1OS(=O)(=O)c1cccc(F)c1. The highest BCUT2D eigenvalue weighted by atomic mass is 32.2. The smallest absolute Gasteiger partial charge is 0.339 e. The van der Waals surface area contributed by atoms with Crippen LogP contribution in [0, 0.1) is 12.7 Å². The zero-order valence-electron chi connectivity index (χ0n) is 11.9. The zero-order valence-corrected chi connectivity index (χ0v) is 12.7. The third-order valence-corrected chi connectivity index (χ3v) is 4.17. The molecule has 0 aliphatic heterocycles. The van der Waals surface area contributed by atoms with Crippen LogP contribution in [0.1, 0.15) is 15.9 Å². The molecule has 0 aromatic heterocycles. The minimum Gasteiger partial charge on any atom is -0.492 e. The highest BCUT2D eigenvalue weighted by Crippen LogP contribution is 2.35. The zero-order chi connectivity index (χ0) is 16.3. The van der Waals surface area contributed by atoms with Crippen LogP contribution < -0.4 is 8.92 Å². The minimum atomic E-state index is -4.30. The number of carbonyl (C=O) groups is 1. The number of halogens is 1. The van der Waals surface area contributed by atoms with Crippen molar-refractivity contribution in [2.24, 2.45) is 0 Å². The number of aryl methyl sites for hydroxylation is 1. The van der Waals surface area contributed by atoms with Gasteiger partial charge in [0.2, 0.25) is 0 Å². The van der Waals surface area contributed by atoms with Crippen molar-refractivity contribution in [2.45, 2.75) is 11.8 Å². The average Bonchev–Trinajstić information content (AvgIpc) is 2.47. The van der Waals surface area contributed by atoms with Crippen molar-refractivity contribution in [1.82, 2.24) is 0 Å². The van der Waals surface area contributed by atoms with E-state index in [1.807, 2.05) is 0 Å². The third-order valence-electron chi connectivity index (χ3n) is 2.95. The third kappa shape index (κ3) is 3.09. The molecule has 2 aromatic rings. The maximum Gasteiger partial charge on any atom is 0.339 e. The number of hydrogen-bond donors (Lipinski definition) is 0. The second-order valence-corrected chi connectivity index (χ2v) is 5.99. The van der Waals surface area contributed by atoms with E-state index >= 15 is 0 Å². The number of carbonyl (C=O) groups excluding carboxylic acids is 1. The first-order valence-electron chi connectivity index (χ1n) is 6.22. The lowest BCUT2D eigenvalue weighted by Crippen LogP contribution is -2.12. The summed E-state index contributed by atoms with van der Waals surface area (Å²) in [6.45, 7) is 1.68. The standard InChI is InChI=1S/C15H13FO5S/c1-10-6-7-11(9-17)15(14(10)20-2)21-22(18,19)13-5-3-4-12(16)8-13/h3-9H,1-2H3. The summed E-state index contributed by atoms with van der Waals surface area (Å²) in [7, 11) is -2.96. The molecule has 0 amide bonds. The van der Waals surface area contributed by atoms with Gasteiger partial charge in [0.05, 0.1) is 12.7 Å². The van der Waals surface area contributed by atoms with Gasteiger partial charge < -0.3 is 8.92 Å². The van der Waals surface area contributed by atoms with Gasteiger partial charge in [0.25, 0.3) is 0 Å². The van der Waals surface area contributed by atoms with Crippen molar-refractivity contribution in [3.63, 3.8) is 0 Å². The summed E-state index contributed by atoms with van der Waals surface area (Å²) in [5, 5.41) is 0. The van der Waals surface area contributed by atoms with Crippen molar-refractivity contribution in [2.75, 3.05) is 7.11 Å². The quantitative estimate of drug-likeness (QED) is 0.625. The van der Waals surface area contributed by atoms with Gasteiger partial charge in [-0.1, -0.05) is 12.1 Å². The maximum absolute atomic E-state index is 13.2. The average molecular weight is 324 g/mol. The summed E-state index contributed by atoms with van der Waals surface area (Å²) in [4.78, 5) is 10.7. The predicted octanol–water partition coefficient (Wildman–Crippen LogP) is 2.72. The summed E-state index contributed by atoms with van der Waals surface area (Å²) < 4.78 is 47.8.